The Kier molecular flexibility index (Phi) is 5.87. The first-order valence-electron chi connectivity index (χ1n) is 7.60. The Morgan fingerprint density at radius 2 is 2.29 bits per heavy atom. The Morgan fingerprint density at radius 1 is 1.43 bits per heavy atom. The number of furan rings is 1. The summed E-state index contributed by atoms with van der Waals surface area (Å²) in [5.41, 5.74) is 1.15. The fourth-order valence-electron chi connectivity index (χ4n) is 2.07. The van der Waals surface area contributed by atoms with Crippen LogP contribution in [0.4, 0.5) is 0 Å². The van der Waals surface area contributed by atoms with Gasteiger partial charge in [-0.3, -0.25) is 4.68 Å². The number of aryl methyl sites for hydroxylation is 1. The largest absolute Gasteiger partial charge is 0.482 e. The van der Waals surface area contributed by atoms with Gasteiger partial charge in [0.15, 0.2) is 5.75 Å². The highest BCUT2D eigenvalue weighted by Gasteiger charge is 2.08. The molecule has 0 spiro atoms. The van der Waals surface area contributed by atoms with E-state index >= 15 is 0 Å². The summed E-state index contributed by atoms with van der Waals surface area (Å²) in [7, 11) is 0. The van der Waals surface area contributed by atoms with Gasteiger partial charge in [-0.1, -0.05) is 20.8 Å². The first-order valence-corrected chi connectivity index (χ1v) is 7.60. The normalized spacial score (nSPS) is 11.2. The van der Waals surface area contributed by atoms with E-state index in [4.69, 9.17) is 9.15 Å². The Labute approximate surface area is 126 Å². The molecule has 116 valence electrons. The van der Waals surface area contributed by atoms with Gasteiger partial charge in [-0.2, -0.15) is 5.10 Å². The van der Waals surface area contributed by atoms with Crippen molar-refractivity contribution in [3.8, 4) is 5.75 Å². The first-order chi connectivity index (χ1) is 10.2. The highest BCUT2D eigenvalue weighted by molar-refractivity contribution is 5.18. The van der Waals surface area contributed by atoms with Crippen molar-refractivity contribution in [1.82, 2.24) is 15.1 Å². The lowest BCUT2D eigenvalue weighted by molar-refractivity contribution is 0.267. The zero-order valence-electron chi connectivity index (χ0n) is 13.1. The molecule has 0 saturated carbocycles. The van der Waals surface area contributed by atoms with Crippen LogP contribution in [-0.2, 0) is 19.7 Å². The van der Waals surface area contributed by atoms with Gasteiger partial charge in [0, 0.05) is 18.7 Å². The minimum atomic E-state index is 0.434. The number of hydrogen-bond donors (Lipinski definition) is 1. The summed E-state index contributed by atoms with van der Waals surface area (Å²) < 4.78 is 13.1. The van der Waals surface area contributed by atoms with E-state index in [0.717, 1.165) is 43.1 Å². The van der Waals surface area contributed by atoms with Crippen LogP contribution in [-0.4, -0.2) is 16.3 Å². The minimum Gasteiger partial charge on any atom is -0.482 e. The Hall–Kier alpha value is -1.75. The Balaban J connectivity index is 1.83. The molecule has 0 unspecified atom stereocenters. The SMILES string of the molecule is CCCn1cc(OCc2occc2CNCC(C)C)cn1. The zero-order valence-corrected chi connectivity index (χ0v) is 13.1. The van der Waals surface area contributed by atoms with Gasteiger partial charge < -0.3 is 14.5 Å². The summed E-state index contributed by atoms with van der Waals surface area (Å²) in [5.74, 6) is 2.29. The molecule has 5 heteroatoms. The van der Waals surface area contributed by atoms with Gasteiger partial charge in [0.25, 0.3) is 0 Å². The fraction of sp³-hybridized carbons (Fsp3) is 0.562. The number of aromatic nitrogens is 2. The van der Waals surface area contributed by atoms with E-state index in [9.17, 15) is 0 Å². The maximum absolute atomic E-state index is 5.74. The average Bonchev–Trinajstić information content (AvgIpc) is 3.06. The van der Waals surface area contributed by atoms with Crippen LogP contribution in [0.15, 0.2) is 29.1 Å². The molecule has 0 aliphatic rings. The third-order valence-electron chi connectivity index (χ3n) is 3.14. The molecule has 0 amide bonds. The maximum Gasteiger partial charge on any atom is 0.157 e. The van der Waals surface area contributed by atoms with E-state index in [1.807, 2.05) is 16.9 Å². The van der Waals surface area contributed by atoms with Crippen molar-refractivity contribution in [2.45, 2.75) is 46.9 Å². The summed E-state index contributed by atoms with van der Waals surface area (Å²) in [4.78, 5) is 0. The molecule has 1 N–H and O–H groups in total. The predicted octanol–water partition coefficient (Wildman–Crippen LogP) is 3.21. The van der Waals surface area contributed by atoms with Gasteiger partial charge in [-0.15, -0.1) is 0 Å². The molecular formula is C16H25N3O2. The summed E-state index contributed by atoms with van der Waals surface area (Å²) in [6, 6.07) is 1.99. The summed E-state index contributed by atoms with van der Waals surface area (Å²) in [6.07, 6.45) is 6.44. The molecule has 2 rings (SSSR count). The molecule has 2 heterocycles. The topological polar surface area (TPSA) is 52.2 Å². The van der Waals surface area contributed by atoms with Crippen molar-refractivity contribution in [2.24, 2.45) is 5.92 Å². The van der Waals surface area contributed by atoms with Crippen molar-refractivity contribution in [2.75, 3.05) is 6.54 Å². The predicted molar refractivity (Wildman–Crippen MR) is 82.1 cm³/mol. The van der Waals surface area contributed by atoms with Crippen LogP contribution in [0.3, 0.4) is 0 Å². The van der Waals surface area contributed by atoms with Gasteiger partial charge in [0.1, 0.15) is 12.4 Å². The van der Waals surface area contributed by atoms with E-state index in [2.05, 4.69) is 31.2 Å². The molecule has 0 aromatic carbocycles. The number of hydrogen-bond acceptors (Lipinski definition) is 4. The quantitative estimate of drug-likeness (QED) is 0.771. The second-order valence-electron chi connectivity index (χ2n) is 5.62. The van der Waals surface area contributed by atoms with Crippen LogP contribution >= 0.6 is 0 Å². The van der Waals surface area contributed by atoms with E-state index < -0.39 is 0 Å². The van der Waals surface area contributed by atoms with Crippen LogP contribution in [0.5, 0.6) is 5.75 Å². The minimum absolute atomic E-state index is 0.434. The first kappa shape index (κ1) is 15.6. The molecular weight excluding hydrogens is 266 g/mol. The average molecular weight is 291 g/mol. The highest BCUT2D eigenvalue weighted by atomic mass is 16.5. The van der Waals surface area contributed by atoms with Crippen molar-refractivity contribution in [1.29, 1.82) is 0 Å². The van der Waals surface area contributed by atoms with Crippen LogP contribution in [0.2, 0.25) is 0 Å². The van der Waals surface area contributed by atoms with Crippen molar-refractivity contribution >= 4 is 0 Å². The summed E-state index contributed by atoms with van der Waals surface area (Å²) in [6.45, 7) is 9.66. The van der Waals surface area contributed by atoms with Crippen molar-refractivity contribution in [3.05, 3.63) is 36.0 Å². The van der Waals surface area contributed by atoms with Crippen molar-refractivity contribution in [3.63, 3.8) is 0 Å². The molecule has 0 radical (unpaired) electrons. The standard InChI is InChI=1S/C16H25N3O2/c1-4-6-19-11-15(10-18-19)21-12-16-14(5-7-20-16)9-17-8-13(2)3/h5,7,10-11,13,17H,4,6,8-9,12H2,1-3H3. The summed E-state index contributed by atoms with van der Waals surface area (Å²) >= 11 is 0. The highest BCUT2D eigenvalue weighted by Crippen LogP contribution is 2.15. The molecule has 0 fully saturated rings. The second kappa shape index (κ2) is 7.88. The molecule has 2 aromatic rings. The van der Waals surface area contributed by atoms with Crippen LogP contribution in [0.25, 0.3) is 0 Å². The molecule has 0 saturated heterocycles. The lowest BCUT2D eigenvalue weighted by Crippen LogP contribution is -2.19. The molecule has 0 aliphatic heterocycles. The van der Waals surface area contributed by atoms with Gasteiger partial charge in [-0.25, -0.2) is 0 Å². The van der Waals surface area contributed by atoms with E-state index in [1.165, 1.54) is 0 Å². The third-order valence-corrected chi connectivity index (χ3v) is 3.14. The molecule has 0 atom stereocenters. The number of rotatable bonds is 9. The number of ether oxygens (including phenoxy) is 1. The van der Waals surface area contributed by atoms with Crippen LogP contribution < -0.4 is 10.1 Å². The Morgan fingerprint density at radius 3 is 3.05 bits per heavy atom. The summed E-state index contributed by atoms with van der Waals surface area (Å²) in [5, 5.41) is 7.66. The molecule has 0 bridgehead atoms. The molecule has 0 aliphatic carbocycles. The number of nitrogens with zero attached hydrogens (tertiary/aromatic N) is 2. The van der Waals surface area contributed by atoms with E-state index in [-0.39, 0.29) is 0 Å². The van der Waals surface area contributed by atoms with E-state index in [0.29, 0.717) is 12.5 Å². The zero-order chi connectivity index (χ0) is 15.1. The molecule has 2 aromatic heterocycles. The van der Waals surface area contributed by atoms with Crippen LogP contribution in [0.1, 0.15) is 38.5 Å². The third kappa shape index (κ3) is 4.93. The van der Waals surface area contributed by atoms with Gasteiger partial charge >= 0.3 is 0 Å². The van der Waals surface area contributed by atoms with Gasteiger partial charge in [0.05, 0.1) is 18.7 Å². The second-order valence-corrected chi connectivity index (χ2v) is 5.62. The van der Waals surface area contributed by atoms with Gasteiger partial charge in [-0.05, 0) is 24.9 Å². The smallest absolute Gasteiger partial charge is 0.157 e. The van der Waals surface area contributed by atoms with Gasteiger partial charge in [0.2, 0.25) is 0 Å². The lowest BCUT2D eigenvalue weighted by Gasteiger charge is -2.08. The number of nitrogens with one attached hydrogen (secondary N) is 1. The monoisotopic (exact) mass is 291 g/mol. The molecule has 5 nitrogen and oxygen atoms in total. The van der Waals surface area contributed by atoms with Crippen LogP contribution in [0, 0.1) is 5.92 Å². The lowest BCUT2D eigenvalue weighted by atomic mass is 10.2. The fourth-order valence-corrected chi connectivity index (χ4v) is 2.07. The van der Waals surface area contributed by atoms with E-state index in [1.54, 1.807) is 12.5 Å². The van der Waals surface area contributed by atoms with Crippen molar-refractivity contribution < 1.29 is 9.15 Å². The maximum atomic E-state index is 5.74. The Bertz CT molecular complexity index is 531. The molecule has 21 heavy (non-hydrogen) atoms.